The molecule has 1 aromatic rings. The minimum Gasteiger partial charge on any atom is -0.466 e. The molecule has 0 aromatic heterocycles. The van der Waals surface area contributed by atoms with E-state index in [2.05, 4.69) is 21.2 Å². The normalized spacial score (nSPS) is 11.7. The number of halogens is 1. The van der Waals surface area contributed by atoms with Crippen LogP contribution < -0.4 is 5.32 Å². The number of carbonyl (C=O) groups is 2. The van der Waals surface area contributed by atoms with E-state index in [1.807, 2.05) is 31.2 Å². The molecular formula is C14H18BrNO3. The molecule has 19 heavy (non-hydrogen) atoms. The molecule has 0 radical (unpaired) electrons. The van der Waals surface area contributed by atoms with Crippen LogP contribution in [-0.4, -0.2) is 18.5 Å². The Labute approximate surface area is 121 Å². The molecule has 0 bridgehead atoms. The van der Waals surface area contributed by atoms with Gasteiger partial charge in [0.25, 0.3) is 0 Å². The summed E-state index contributed by atoms with van der Waals surface area (Å²) in [7, 11) is 0. The number of amides is 1. The highest BCUT2D eigenvalue weighted by molar-refractivity contribution is 9.10. The molecule has 104 valence electrons. The summed E-state index contributed by atoms with van der Waals surface area (Å²) in [5, 5.41) is 2.85. The first kappa shape index (κ1) is 15.7. The third-order valence-corrected chi connectivity index (χ3v) is 3.14. The first-order valence-electron chi connectivity index (χ1n) is 6.23. The Morgan fingerprint density at radius 1 is 1.26 bits per heavy atom. The summed E-state index contributed by atoms with van der Waals surface area (Å²) < 4.78 is 5.77. The average Bonchev–Trinajstić information content (AvgIpc) is 2.37. The minimum absolute atomic E-state index is 0.0807. The summed E-state index contributed by atoms with van der Waals surface area (Å²) in [6.45, 7) is 3.99. The molecule has 0 unspecified atom stereocenters. The highest BCUT2D eigenvalue weighted by Crippen LogP contribution is 2.16. The Kier molecular flexibility index (Phi) is 6.56. The number of hydrogen-bond donors (Lipinski definition) is 1. The fourth-order valence-corrected chi connectivity index (χ4v) is 1.86. The lowest BCUT2D eigenvalue weighted by Gasteiger charge is -2.14. The van der Waals surface area contributed by atoms with Gasteiger partial charge in [0.1, 0.15) is 0 Å². The lowest BCUT2D eigenvalue weighted by atomic mass is 10.1. The van der Waals surface area contributed by atoms with Crippen molar-refractivity contribution in [2.24, 2.45) is 0 Å². The molecule has 0 aliphatic rings. The standard InChI is InChI=1S/C14H18BrNO3/c1-3-19-14(18)9-8-13(17)16-10(2)11-4-6-12(15)7-5-11/h4-7,10H,3,8-9H2,1-2H3,(H,16,17)/t10-/m0/s1. The van der Waals surface area contributed by atoms with Crippen LogP contribution in [0.3, 0.4) is 0 Å². The molecular weight excluding hydrogens is 310 g/mol. The zero-order valence-electron chi connectivity index (χ0n) is 11.1. The molecule has 1 N–H and O–H groups in total. The highest BCUT2D eigenvalue weighted by atomic mass is 79.9. The van der Waals surface area contributed by atoms with Crippen molar-refractivity contribution in [1.82, 2.24) is 5.32 Å². The highest BCUT2D eigenvalue weighted by Gasteiger charge is 2.11. The maximum absolute atomic E-state index is 11.7. The van der Waals surface area contributed by atoms with Gasteiger partial charge in [0.15, 0.2) is 0 Å². The average molecular weight is 328 g/mol. The Bertz CT molecular complexity index is 431. The van der Waals surface area contributed by atoms with E-state index < -0.39 is 0 Å². The zero-order valence-corrected chi connectivity index (χ0v) is 12.7. The van der Waals surface area contributed by atoms with Crippen molar-refractivity contribution in [3.63, 3.8) is 0 Å². The van der Waals surface area contributed by atoms with E-state index in [1.54, 1.807) is 6.92 Å². The summed E-state index contributed by atoms with van der Waals surface area (Å²) in [5.74, 6) is -0.489. The molecule has 4 nitrogen and oxygen atoms in total. The molecule has 0 fully saturated rings. The van der Waals surface area contributed by atoms with Gasteiger partial charge in [0.05, 0.1) is 19.1 Å². The van der Waals surface area contributed by atoms with Crippen LogP contribution >= 0.6 is 15.9 Å². The van der Waals surface area contributed by atoms with Crippen LogP contribution in [0.1, 0.15) is 38.3 Å². The second-order valence-electron chi connectivity index (χ2n) is 4.15. The Hall–Kier alpha value is -1.36. The van der Waals surface area contributed by atoms with Crippen LogP contribution in [0.5, 0.6) is 0 Å². The van der Waals surface area contributed by atoms with Crippen LogP contribution in [0, 0.1) is 0 Å². The SMILES string of the molecule is CCOC(=O)CCC(=O)N[C@@H](C)c1ccc(Br)cc1. The molecule has 0 aliphatic heterocycles. The van der Waals surface area contributed by atoms with E-state index in [-0.39, 0.29) is 30.8 Å². The van der Waals surface area contributed by atoms with E-state index in [0.717, 1.165) is 10.0 Å². The molecule has 1 atom stereocenters. The Morgan fingerprint density at radius 3 is 2.47 bits per heavy atom. The van der Waals surface area contributed by atoms with Gasteiger partial charge in [-0.25, -0.2) is 0 Å². The summed E-state index contributed by atoms with van der Waals surface area (Å²) in [6, 6.07) is 7.66. The molecule has 1 rings (SSSR count). The van der Waals surface area contributed by atoms with Crippen molar-refractivity contribution in [3.8, 4) is 0 Å². The second kappa shape index (κ2) is 7.94. The monoisotopic (exact) mass is 327 g/mol. The van der Waals surface area contributed by atoms with Gasteiger partial charge in [-0.05, 0) is 31.5 Å². The quantitative estimate of drug-likeness (QED) is 0.817. The van der Waals surface area contributed by atoms with Crippen molar-refractivity contribution in [3.05, 3.63) is 34.3 Å². The number of benzene rings is 1. The van der Waals surface area contributed by atoms with Crippen LogP contribution in [0.2, 0.25) is 0 Å². The fourth-order valence-electron chi connectivity index (χ4n) is 1.60. The summed E-state index contributed by atoms with van der Waals surface area (Å²) in [4.78, 5) is 22.8. The van der Waals surface area contributed by atoms with Crippen molar-refractivity contribution >= 4 is 27.8 Å². The Morgan fingerprint density at radius 2 is 1.89 bits per heavy atom. The Balaban J connectivity index is 2.39. The third kappa shape index (κ3) is 5.87. The maximum atomic E-state index is 11.7. The summed E-state index contributed by atoms with van der Waals surface area (Å²) in [5.41, 5.74) is 1.02. The number of ether oxygens (including phenoxy) is 1. The molecule has 0 saturated carbocycles. The maximum Gasteiger partial charge on any atom is 0.306 e. The molecule has 0 saturated heterocycles. The smallest absolute Gasteiger partial charge is 0.306 e. The van der Waals surface area contributed by atoms with Crippen molar-refractivity contribution in [2.45, 2.75) is 32.7 Å². The van der Waals surface area contributed by atoms with Crippen molar-refractivity contribution < 1.29 is 14.3 Å². The van der Waals surface area contributed by atoms with Gasteiger partial charge in [0.2, 0.25) is 5.91 Å². The summed E-state index contributed by atoms with van der Waals surface area (Å²) >= 11 is 3.36. The van der Waals surface area contributed by atoms with Gasteiger partial charge in [-0.15, -0.1) is 0 Å². The first-order chi connectivity index (χ1) is 9.02. The molecule has 0 heterocycles. The van der Waals surface area contributed by atoms with Crippen LogP contribution in [0.4, 0.5) is 0 Å². The number of carbonyl (C=O) groups excluding carboxylic acids is 2. The van der Waals surface area contributed by atoms with Gasteiger partial charge >= 0.3 is 5.97 Å². The zero-order chi connectivity index (χ0) is 14.3. The van der Waals surface area contributed by atoms with E-state index in [0.29, 0.717) is 6.61 Å². The lowest BCUT2D eigenvalue weighted by Crippen LogP contribution is -2.27. The molecule has 1 aromatic carbocycles. The van der Waals surface area contributed by atoms with E-state index in [9.17, 15) is 9.59 Å². The fraction of sp³-hybridized carbons (Fsp3) is 0.429. The van der Waals surface area contributed by atoms with Crippen LogP contribution in [0.15, 0.2) is 28.7 Å². The van der Waals surface area contributed by atoms with Gasteiger partial charge in [-0.1, -0.05) is 28.1 Å². The predicted molar refractivity (Wildman–Crippen MR) is 76.6 cm³/mol. The first-order valence-corrected chi connectivity index (χ1v) is 7.02. The molecule has 1 amide bonds. The summed E-state index contributed by atoms with van der Waals surface area (Å²) in [6.07, 6.45) is 0.270. The number of hydrogen-bond acceptors (Lipinski definition) is 3. The van der Waals surface area contributed by atoms with Crippen LogP contribution in [-0.2, 0) is 14.3 Å². The van der Waals surface area contributed by atoms with Crippen molar-refractivity contribution in [2.75, 3.05) is 6.61 Å². The van der Waals surface area contributed by atoms with Crippen LogP contribution in [0.25, 0.3) is 0 Å². The second-order valence-corrected chi connectivity index (χ2v) is 5.06. The van der Waals surface area contributed by atoms with E-state index in [4.69, 9.17) is 4.74 Å². The largest absolute Gasteiger partial charge is 0.466 e. The van der Waals surface area contributed by atoms with Gasteiger partial charge in [-0.3, -0.25) is 9.59 Å². The molecule has 0 spiro atoms. The lowest BCUT2D eigenvalue weighted by molar-refractivity contribution is -0.144. The van der Waals surface area contributed by atoms with Crippen molar-refractivity contribution in [1.29, 1.82) is 0 Å². The molecule has 5 heteroatoms. The van der Waals surface area contributed by atoms with E-state index >= 15 is 0 Å². The number of esters is 1. The van der Waals surface area contributed by atoms with Gasteiger partial charge in [0, 0.05) is 10.9 Å². The minimum atomic E-state index is -0.339. The molecule has 0 aliphatic carbocycles. The number of nitrogens with one attached hydrogen (secondary N) is 1. The predicted octanol–water partition coefficient (Wildman–Crippen LogP) is 2.97. The topological polar surface area (TPSA) is 55.4 Å². The van der Waals surface area contributed by atoms with Gasteiger partial charge in [-0.2, -0.15) is 0 Å². The number of rotatable bonds is 6. The van der Waals surface area contributed by atoms with Gasteiger partial charge < -0.3 is 10.1 Å². The van der Waals surface area contributed by atoms with E-state index in [1.165, 1.54) is 0 Å². The third-order valence-electron chi connectivity index (χ3n) is 2.61.